The lowest BCUT2D eigenvalue weighted by Crippen LogP contribution is -2.18. The van der Waals surface area contributed by atoms with E-state index in [4.69, 9.17) is 0 Å². The maximum absolute atomic E-state index is 13.0. The molecule has 0 bridgehead atoms. The molecular weight excluding hydrogens is 340 g/mol. The fourth-order valence-electron chi connectivity index (χ4n) is 1.89. The van der Waals surface area contributed by atoms with Crippen molar-refractivity contribution in [3.05, 3.63) is 63.5 Å². The first-order chi connectivity index (χ1) is 8.65. The molecule has 0 saturated heterocycles. The van der Waals surface area contributed by atoms with Gasteiger partial charge in [-0.05, 0) is 59.7 Å². The van der Waals surface area contributed by atoms with Crippen molar-refractivity contribution in [3.8, 4) is 0 Å². The van der Waals surface area contributed by atoms with Gasteiger partial charge in [0.25, 0.3) is 0 Å². The van der Waals surface area contributed by atoms with E-state index in [2.05, 4.69) is 47.0 Å². The first-order valence-electron chi connectivity index (χ1n) is 5.90. The summed E-state index contributed by atoms with van der Waals surface area (Å²) in [6, 6.07) is 15.5. The van der Waals surface area contributed by atoms with Crippen LogP contribution in [0.5, 0.6) is 0 Å². The highest BCUT2D eigenvalue weighted by Gasteiger charge is 2.06. The molecule has 0 aliphatic rings. The monoisotopic (exact) mass is 355 g/mol. The van der Waals surface area contributed by atoms with Crippen LogP contribution in [-0.4, -0.2) is 6.04 Å². The minimum Gasteiger partial charge on any atom is -0.381 e. The van der Waals surface area contributed by atoms with Crippen LogP contribution in [0.4, 0.5) is 10.1 Å². The van der Waals surface area contributed by atoms with E-state index in [9.17, 15) is 4.39 Å². The molecule has 2 rings (SSSR count). The van der Waals surface area contributed by atoms with E-state index in [1.54, 1.807) is 6.07 Å². The summed E-state index contributed by atoms with van der Waals surface area (Å²) >= 11 is 2.15. The zero-order valence-electron chi connectivity index (χ0n) is 10.2. The van der Waals surface area contributed by atoms with Gasteiger partial charge >= 0.3 is 0 Å². The zero-order chi connectivity index (χ0) is 13.0. The van der Waals surface area contributed by atoms with Gasteiger partial charge in [-0.25, -0.2) is 4.39 Å². The van der Waals surface area contributed by atoms with E-state index >= 15 is 0 Å². The predicted octanol–water partition coefficient (Wildman–Crippen LogP) is 4.47. The molecule has 0 aromatic heterocycles. The van der Waals surface area contributed by atoms with Crippen molar-refractivity contribution >= 4 is 28.3 Å². The SMILES string of the molecule is CC(Cc1ccccc1)Nc1ccc(F)cc1I. The largest absolute Gasteiger partial charge is 0.381 e. The van der Waals surface area contributed by atoms with E-state index in [1.165, 1.54) is 17.7 Å². The van der Waals surface area contributed by atoms with Gasteiger partial charge in [0.15, 0.2) is 0 Å². The first kappa shape index (κ1) is 13.3. The normalized spacial score (nSPS) is 12.2. The molecule has 3 heteroatoms. The second-order valence-electron chi connectivity index (χ2n) is 4.36. The van der Waals surface area contributed by atoms with Crippen LogP contribution in [0.3, 0.4) is 0 Å². The molecule has 0 fully saturated rings. The minimum absolute atomic E-state index is 0.194. The molecule has 1 N–H and O–H groups in total. The molecule has 0 radical (unpaired) electrons. The number of rotatable bonds is 4. The van der Waals surface area contributed by atoms with E-state index in [-0.39, 0.29) is 5.82 Å². The van der Waals surface area contributed by atoms with Gasteiger partial charge in [-0.3, -0.25) is 0 Å². The third kappa shape index (κ3) is 3.70. The van der Waals surface area contributed by atoms with Gasteiger partial charge in [-0.2, -0.15) is 0 Å². The van der Waals surface area contributed by atoms with Gasteiger partial charge in [0, 0.05) is 15.3 Å². The summed E-state index contributed by atoms with van der Waals surface area (Å²) in [7, 11) is 0. The van der Waals surface area contributed by atoms with Gasteiger partial charge in [0.2, 0.25) is 0 Å². The highest BCUT2D eigenvalue weighted by Crippen LogP contribution is 2.20. The second-order valence-corrected chi connectivity index (χ2v) is 5.52. The number of halogens is 2. The predicted molar refractivity (Wildman–Crippen MR) is 82.3 cm³/mol. The minimum atomic E-state index is -0.194. The fraction of sp³-hybridized carbons (Fsp3) is 0.200. The Morgan fingerprint density at radius 2 is 1.89 bits per heavy atom. The molecule has 0 heterocycles. The lowest BCUT2D eigenvalue weighted by Gasteiger charge is -2.16. The Morgan fingerprint density at radius 1 is 1.17 bits per heavy atom. The van der Waals surface area contributed by atoms with Crippen molar-refractivity contribution in [2.75, 3.05) is 5.32 Å². The molecule has 2 aromatic rings. The molecule has 94 valence electrons. The van der Waals surface area contributed by atoms with Crippen molar-refractivity contribution in [2.24, 2.45) is 0 Å². The number of hydrogen-bond acceptors (Lipinski definition) is 1. The summed E-state index contributed by atoms with van der Waals surface area (Å²) in [6.45, 7) is 2.13. The Balaban J connectivity index is 2.01. The molecule has 0 spiro atoms. The summed E-state index contributed by atoms with van der Waals surface area (Å²) in [5, 5.41) is 3.41. The summed E-state index contributed by atoms with van der Waals surface area (Å²) in [5.74, 6) is -0.194. The quantitative estimate of drug-likeness (QED) is 0.798. The Hall–Kier alpha value is -1.10. The van der Waals surface area contributed by atoms with Crippen LogP contribution < -0.4 is 5.32 Å². The topological polar surface area (TPSA) is 12.0 Å². The number of anilines is 1. The molecule has 18 heavy (non-hydrogen) atoms. The average Bonchev–Trinajstić information content (AvgIpc) is 2.34. The lowest BCUT2D eigenvalue weighted by atomic mass is 10.1. The number of benzene rings is 2. The molecule has 0 saturated carbocycles. The zero-order valence-corrected chi connectivity index (χ0v) is 12.3. The Morgan fingerprint density at radius 3 is 2.56 bits per heavy atom. The number of hydrogen-bond donors (Lipinski definition) is 1. The van der Waals surface area contributed by atoms with Gasteiger partial charge < -0.3 is 5.32 Å². The standard InChI is InChI=1S/C15H15FIN/c1-11(9-12-5-3-2-4-6-12)18-15-8-7-13(16)10-14(15)17/h2-8,10-11,18H,9H2,1H3. The van der Waals surface area contributed by atoms with Crippen LogP contribution in [0, 0.1) is 9.39 Å². The van der Waals surface area contributed by atoms with Crippen LogP contribution in [0.25, 0.3) is 0 Å². The van der Waals surface area contributed by atoms with Gasteiger partial charge in [-0.1, -0.05) is 30.3 Å². The summed E-state index contributed by atoms with van der Waals surface area (Å²) in [5.41, 5.74) is 2.29. The summed E-state index contributed by atoms with van der Waals surface area (Å²) in [4.78, 5) is 0. The maximum Gasteiger partial charge on any atom is 0.124 e. The van der Waals surface area contributed by atoms with E-state index in [0.717, 1.165) is 15.7 Å². The van der Waals surface area contributed by atoms with Crippen LogP contribution in [0.2, 0.25) is 0 Å². The summed E-state index contributed by atoms with van der Waals surface area (Å²) < 4.78 is 13.9. The van der Waals surface area contributed by atoms with Crippen molar-refractivity contribution < 1.29 is 4.39 Å². The smallest absolute Gasteiger partial charge is 0.124 e. The van der Waals surface area contributed by atoms with Crippen LogP contribution >= 0.6 is 22.6 Å². The first-order valence-corrected chi connectivity index (χ1v) is 6.98. The molecule has 0 aliphatic heterocycles. The molecule has 0 aliphatic carbocycles. The third-order valence-corrected chi connectivity index (χ3v) is 3.61. The lowest BCUT2D eigenvalue weighted by molar-refractivity contribution is 0.626. The molecule has 1 nitrogen and oxygen atoms in total. The van der Waals surface area contributed by atoms with Crippen molar-refractivity contribution in [2.45, 2.75) is 19.4 Å². The van der Waals surface area contributed by atoms with Crippen LogP contribution in [0.1, 0.15) is 12.5 Å². The molecule has 2 aromatic carbocycles. The average molecular weight is 355 g/mol. The Bertz CT molecular complexity index is 513. The van der Waals surface area contributed by atoms with Crippen molar-refractivity contribution in [1.82, 2.24) is 0 Å². The van der Waals surface area contributed by atoms with Crippen LogP contribution in [0.15, 0.2) is 48.5 Å². The van der Waals surface area contributed by atoms with Gasteiger partial charge in [-0.15, -0.1) is 0 Å². The molecular formula is C15H15FIN. The highest BCUT2D eigenvalue weighted by molar-refractivity contribution is 14.1. The van der Waals surface area contributed by atoms with E-state index in [0.29, 0.717) is 6.04 Å². The molecule has 1 atom stereocenters. The number of nitrogens with one attached hydrogen (secondary N) is 1. The molecule has 0 amide bonds. The Kier molecular flexibility index (Phi) is 4.58. The maximum atomic E-state index is 13.0. The Labute approximate surface area is 121 Å². The second kappa shape index (κ2) is 6.18. The highest BCUT2D eigenvalue weighted by atomic mass is 127. The van der Waals surface area contributed by atoms with E-state index in [1.807, 2.05) is 18.2 Å². The third-order valence-electron chi connectivity index (χ3n) is 2.72. The van der Waals surface area contributed by atoms with Crippen molar-refractivity contribution in [1.29, 1.82) is 0 Å². The summed E-state index contributed by atoms with van der Waals surface area (Å²) in [6.07, 6.45) is 0.953. The van der Waals surface area contributed by atoms with Gasteiger partial charge in [0.05, 0.1) is 0 Å². The van der Waals surface area contributed by atoms with Crippen LogP contribution in [-0.2, 0) is 6.42 Å². The van der Waals surface area contributed by atoms with E-state index < -0.39 is 0 Å². The molecule has 1 unspecified atom stereocenters. The van der Waals surface area contributed by atoms with Crippen molar-refractivity contribution in [3.63, 3.8) is 0 Å². The van der Waals surface area contributed by atoms with Gasteiger partial charge in [0.1, 0.15) is 5.82 Å². The fourth-order valence-corrected chi connectivity index (χ4v) is 2.52.